The van der Waals surface area contributed by atoms with Crippen molar-refractivity contribution < 1.29 is 18.3 Å². The third kappa shape index (κ3) is 5.54. The lowest BCUT2D eigenvalue weighted by Gasteiger charge is -2.35. The molecule has 1 aromatic carbocycles. The molecule has 0 radical (unpaired) electrons. The second kappa shape index (κ2) is 7.72. The van der Waals surface area contributed by atoms with Gasteiger partial charge in [-0.3, -0.25) is 4.90 Å². The van der Waals surface area contributed by atoms with Crippen molar-refractivity contribution in [1.82, 2.24) is 9.80 Å². The molecule has 1 N–H and O–H groups in total. The Bertz CT molecular complexity index is 601. The van der Waals surface area contributed by atoms with Crippen molar-refractivity contribution in [3.8, 4) is 0 Å². The summed E-state index contributed by atoms with van der Waals surface area (Å²) in [5, 5.41) is 10.4. The van der Waals surface area contributed by atoms with Gasteiger partial charge in [0.25, 0.3) is 0 Å². The molecule has 1 saturated heterocycles. The first-order valence-corrected chi connectivity index (χ1v) is 9.61. The minimum absolute atomic E-state index is 0.151. The monoisotopic (exact) mass is 342 g/mol. The summed E-state index contributed by atoms with van der Waals surface area (Å²) in [5.41, 5.74) is 0.730. The van der Waals surface area contributed by atoms with Gasteiger partial charge >= 0.3 is 0 Å². The topological polar surface area (TPSA) is 70.1 Å². The minimum atomic E-state index is -3.20. The molecule has 130 valence electrons. The summed E-state index contributed by atoms with van der Waals surface area (Å²) in [6.45, 7) is 3.62. The lowest BCUT2D eigenvalue weighted by atomic mass is 10.1. The first-order chi connectivity index (χ1) is 10.8. The first-order valence-electron chi connectivity index (χ1n) is 7.72. The van der Waals surface area contributed by atoms with Crippen LogP contribution < -0.4 is 0 Å². The van der Waals surface area contributed by atoms with Crippen LogP contribution in [0.5, 0.6) is 0 Å². The number of likely N-dealkylation sites (N-methyl/N-ethyl adjacent to an activating group) is 1. The van der Waals surface area contributed by atoms with Crippen LogP contribution in [0, 0.1) is 0 Å². The maximum absolute atomic E-state index is 11.5. The average Bonchev–Trinajstić information content (AvgIpc) is 2.46. The highest BCUT2D eigenvalue weighted by Gasteiger charge is 2.23. The highest BCUT2D eigenvalue weighted by atomic mass is 32.2. The zero-order chi connectivity index (χ0) is 17.0. The van der Waals surface area contributed by atoms with E-state index in [1.807, 2.05) is 14.1 Å². The number of morpholine rings is 1. The fourth-order valence-electron chi connectivity index (χ4n) is 2.75. The van der Waals surface area contributed by atoms with Crippen LogP contribution in [0.1, 0.15) is 11.7 Å². The van der Waals surface area contributed by atoms with E-state index in [-0.39, 0.29) is 11.0 Å². The number of hydrogen-bond donors (Lipinski definition) is 1. The second-order valence-corrected chi connectivity index (χ2v) is 8.39. The van der Waals surface area contributed by atoms with Crippen LogP contribution in [-0.2, 0) is 14.6 Å². The van der Waals surface area contributed by atoms with Crippen molar-refractivity contribution in [2.45, 2.75) is 17.1 Å². The van der Waals surface area contributed by atoms with Crippen molar-refractivity contribution in [3.63, 3.8) is 0 Å². The third-order valence-corrected chi connectivity index (χ3v) is 5.04. The predicted octanol–water partition coefficient (Wildman–Crippen LogP) is 0.386. The maximum Gasteiger partial charge on any atom is 0.175 e. The van der Waals surface area contributed by atoms with Gasteiger partial charge in [0.15, 0.2) is 9.84 Å². The summed E-state index contributed by atoms with van der Waals surface area (Å²) in [6, 6.07) is 6.45. The van der Waals surface area contributed by atoms with E-state index in [2.05, 4.69) is 9.80 Å². The number of aliphatic hydroxyl groups is 1. The van der Waals surface area contributed by atoms with Gasteiger partial charge in [0.1, 0.15) is 0 Å². The molecule has 1 aliphatic heterocycles. The van der Waals surface area contributed by atoms with E-state index in [1.54, 1.807) is 24.3 Å². The Kier molecular flexibility index (Phi) is 6.16. The molecule has 0 amide bonds. The van der Waals surface area contributed by atoms with E-state index >= 15 is 0 Å². The van der Waals surface area contributed by atoms with Gasteiger partial charge in [-0.25, -0.2) is 8.42 Å². The van der Waals surface area contributed by atoms with Gasteiger partial charge < -0.3 is 14.7 Å². The lowest BCUT2D eigenvalue weighted by molar-refractivity contribution is -0.0489. The van der Waals surface area contributed by atoms with Crippen LogP contribution in [-0.4, -0.2) is 82.6 Å². The Balaban J connectivity index is 1.94. The summed E-state index contributed by atoms with van der Waals surface area (Å²) in [7, 11) is 0.824. The number of β-amino-alcohol motifs (C(OH)–C–C–N with tert-alkyl or cyclic N) is 1. The van der Waals surface area contributed by atoms with Gasteiger partial charge in [-0.15, -0.1) is 0 Å². The third-order valence-electron chi connectivity index (χ3n) is 3.92. The molecule has 1 heterocycles. The van der Waals surface area contributed by atoms with Crippen molar-refractivity contribution in [1.29, 1.82) is 0 Å². The molecule has 1 aliphatic rings. The standard InChI is InChI=1S/C16H26N2O4S/c1-17(2)10-14-11-18(8-9-22-14)12-16(19)13-4-6-15(7-5-13)23(3,20)21/h4-7,14,16,19H,8-12H2,1-3H3. The molecule has 2 unspecified atom stereocenters. The maximum atomic E-state index is 11.5. The highest BCUT2D eigenvalue weighted by molar-refractivity contribution is 7.90. The SMILES string of the molecule is CN(C)CC1CN(CC(O)c2ccc(S(C)(=O)=O)cc2)CCO1. The number of ether oxygens (including phenoxy) is 1. The molecule has 0 saturated carbocycles. The Morgan fingerprint density at radius 3 is 2.57 bits per heavy atom. The zero-order valence-electron chi connectivity index (χ0n) is 14.0. The number of hydrogen-bond acceptors (Lipinski definition) is 6. The minimum Gasteiger partial charge on any atom is -0.387 e. The molecule has 6 nitrogen and oxygen atoms in total. The van der Waals surface area contributed by atoms with E-state index in [4.69, 9.17) is 4.74 Å². The Morgan fingerprint density at radius 1 is 1.35 bits per heavy atom. The fourth-order valence-corrected chi connectivity index (χ4v) is 3.38. The molecule has 0 spiro atoms. The largest absolute Gasteiger partial charge is 0.387 e. The summed E-state index contributed by atoms with van der Waals surface area (Å²) in [5.74, 6) is 0. The molecule has 0 aliphatic carbocycles. The van der Waals surface area contributed by atoms with E-state index in [0.29, 0.717) is 13.2 Å². The van der Waals surface area contributed by atoms with Crippen LogP contribution in [0.15, 0.2) is 29.2 Å². The van der Waals surface area contributed by atoms with Crippen molar-refractivity contribution in [3.05, 3.63) is 29.8 Å². The van der Waals surface area contributed by atoms with Gasteiger partial charge in [0.2, 0.25) is 0 Å². The van der Waals surface area contributed by atoms with Crippen molar-refractivity contribution in [2.24, 2.45) is 0 Å². The second-order valence-electron chi connectivity index (χ2n) is 6.37. The lowest BCUT2D eigenvalue weighted by Crippen LogP contribution is -2.47. The van der Waals surface area contributed by atoms with Crippen LogP contribution in [0.2, 0.25) is 0 Å². The van der Waals surface area contributed by atoms with Gasteiger partial charge in [-0.05, 0) is 31.8 Å². The fraction of sp³-hybridized carbons (Fsp3) is 0.625. The number of aliphatic hydroxyl groups excluding tert-OH is 1. The van der Waals surface area contributed by atoms with Crippen molar-refractivity contribution in [2.75, 3.05) is 53.1 Å². The molecule has 0 aromatic heterocycles. The quantitative estimate of drug-likeness (QED) is 0.806. The normalized spacial score (nSPS) is 21.5. The first kappa shape index (κ1) is 18.4. The van der Waals surface area contributed by atoms with Crippen LogP contribution in [0.3, 0.4) is 0 Å². The number of benzene rings is 1. The summed E-state index contributed by atoms with van der Waals surface area (Å²) in [4.78, 5) is 4.55. The van der Waals surface area contributed by atoms with E-state index in [9.17, 15) is 13.5 Å². The molecule has 7 heteroatoms. The van der Waals surface area contributed by atoms with Crippen LogP contribution in [0.4, 0.5) is 0 Å². The Hall–Kier alpha value is -0.990. The number of rotatable bonds is 6. The summed E-state index contributed by atoms with van der Waals surface area (Å²) >= 11 is 0. The van der Waals surface area contributed by atoms with E-state index < -0.39 is 15.9 Å². The number of nitrogens with zero attached hydrogens (tertiary/aromatic N) is 2. The molecule has 0 bridgehead atoms. The molecule has 1 aromatic rings. The van der Waals surface area contributed by atoms with Gasteiger partial charge in [-0.2, -0.15) is 0 Å². The molecule has 23 heavy (non-hydrogen) atoms. The average molecular weight is 342 g/mol. The van der Waals surface area contributed by atoms with Gasteiger partial charge in [0, 0.05) is 32.4 Å². The Morgan fingerprint density at radius 2 is 2.00 bits per heavy atom. The van der Waals surface area contributed by atoms with Crippen LogP contribution in [0.25, 0.3) is 0 Å². The zero-order valence-corrected chi connectivity index (χ0v) is 14.8. The van der Waals surface area contributed by atoms with Gasteiger partial charge in [0.05, 0.1) is 23.7 Å². The van der Waals surface area contributed by atoms with Crippen molar-refractivity contribution >= 4 is 9.84 Å². The smallest absolute Gasteiger partial charge is 0.175 e. The van der Waals surface area contributed by atoms with E-state index in [0.717, 1.165) is 25.2 Å². The summed E-state index contributed by atoms with van der Waals surface area (Å²) in [6.07, 6.45) is 0.692. The van der Waals surface area contributed by atoms with Crippen LogP contribution >= 0.6 is 0 Å². The Labute approximate surface area is 138 Å². The molecule has 2 rings (SSSR count). The molecule has 1 fully saturated rings. The molecular weight excluding hydrogens is 316 g/mol. The summed E-state index contributed by atoms with van der Waals surface area (Å²) < 4.78 is 28.7. The van der Waals surface area contributed by atoms with Gasteiger partial charge in [-0.1, -0.05) is 12.1 Å². The highest BCUT2D eigenvalue weighted by Crippen LogP contribution is 2.19. The number of sulfone groups is 1. The van der Waals surface area contributed by atoms with E-state index in [1.165, 1.54) is 6.26 Å². The molecule has 2 atom stereocenters. The predicted molar refractivity (Wildman–Crippen MR) is 89.2 cm³/mol. The molecular formula is C16H26N2O4S.